The minimum absolute atomic E-state index is 0.0706. The molecule has 2 amide bonds. The minimum Gasteiger partial charge on any atom is -0.350 e. The van der Waals surface area contributed by atoms with E-state index in [1.807, 2.05) is 38.1 Å². The summed E-state index contributed by atoms with van der Waals surface area (Å²) < 4.78 is 13.9. The smallest absolute Gasteiger partial charge is 0.270 e. The van der Waals surface area contributed by atoms with Gasteiger partial charge in [0.25, 0.3) is 5.91 Å². The Hall–Kier alpha value is -3.15. The number of fused-ring (bicyclic) bond motifs is 1. The Kier molecular flexibility index (Phi) is 5.54. The summed E-state index contributed by atoms with van der Waals surface area (Å²) in [5, 5.41) is 3.20. The number of benzene rings is 2. The summed E-state index contributed by atoms with van der Waals surface area (Å²) in [5.74, 6) is -0.983. The number of anilines is 1. The van der Waals surface area contributed by atoms with Crippen LogP contribution in [0.1, 0.15) is 29.4 Å². The molecule has 0 radical (unpaired) electrons. The van der Waals surface area contributed by atoms with Crippen LogP contribution in [-0.4, -0.2) is 34.8 Å². The molecule has 0 atom stereocenters. The molecular formula is C21H22FN3O2. The predicted molar refractivity (Wildman–Crippen MR) is 104 cm³/mol. The second-order valence-electron chi connectivity index (χ2n) is 6.47. The van der Waals surface area contributed by atoms with E-state index >= 15 is 0 Å². The van der Waals surface area contributed by atoms with Crippen LogP contribution in [0, 0.1) is 12.7 Å². The first-order chi connectivity index (χ1) is 13.0. The predicted octanol–water partition coefficient (Wildman–Crippen LogP) is 4.11. The molecular weight excluding hydrogens is 345 g/mol. The van der Waals surface area contributed by atoms with Crippen LogP contribution in [0.2, 0.25) is 0 Å². The summed E-state index contributed by atoms with van der Waals surface area (Å²) in [6.45, 7) is 4.20. The minimum atomic E-state index is -0.387. The molecule has 0 fully saturated rings. The molecule has 0 aliphatic rings. The molecule has 2 N–H and O–H groups in total. The Morgan fingerprint density at radius 2 is 1.93 bits per heavy atom. The Balaban J connectivity index is 1.77. The van der Waals surface area contributed by atoms with E-state index in [-0.39, 0.29) is 29.9 Å². The van der Waals surface area contributed by atoms with Crippen molar-refractivity contribution in [2.45, 2.75) is 20.3 Å². The van der Waals surface area contributed by atoms with Crippen molar-refractivity contribution in [3.05, 3.63) is 65.6 Å². The van der Waals surface area contributed by atoms with Crippen molar-refractivity contribution in [2.75, 3.05) is 18.4 Å². The molecule has 27 heavy (non-hydrogen) atoms. The zero-order valence-electron chi connectivity index (χ0n) is 15.4. The molecule has 1 heterocycles. The van der Waals surface area contributed by atoms with E-state index in [1.54, 1.807) is 12.1 Å². The SMILES string of the molecule is CCCN(CC(=O)Nc1ccccc1C)C(=O)c1cc2c(F)cccc2[nH]1. The van der Waals surface area contributed by atoms with Crippen molar-refractivity contribution in [1.82, 2.24) is 9.88 Å². The number of halogens is 1. The molecule has 3 aromatic rings. The van der Waals surface area contributed by atoms with Crippen molar-refractivity contribution in [1.29, 1.82) is 0 Å². The summed E-state index contributed by atoms with van der Waals surface area (Å²) in [6, 6.07) is 13.6. The van der Waals surface area contributed by atoms with Crippen LogP contribution < -0.4 is 5.32 Å². The maximum atomic E-state index is 13.9. The average molecular weight is 367 g/mol. The lowest BCUT2D eigenvalue weighted by atomic mass is 10.2. The first-order valence-electron chi connectivity index (χ1n) is 8.91. The van der Waals surface area contributed by atoms with Crippen LogP contribution in [-0.2, 0) is 4.79 Å². The molecule has 6 heteroatoms. The van der Waals surface area contributed by atoms with Crippen LogP contribution in [0.3, 0.4) is 0 Å². The number of carbonyl (C=O) groups excluding carboxylic acids is 2. The van der Waals surface area contributed by atoms with Gasteiger partial charge in [0.1, 0.15) is 18.1 Å². The number of rotatable bonds is 6. The number of hydrogen-bond donors (Lipinski definition) is 2. The fourth-order valence-electron chi connectivity index (χ4n) is 3.00. The van der Waals surface area contributed by atoms with E-state index in [4.69, 9.17) is 0 Å². The molecule has 5 nitrogen and oxygen atoms in total. The van der Waals surface area contributed by atoms with Gasteiger partial charge in [-0.3, -0.25) is 9.59 Å². The van der Waals surface area contributed by atoms with Gasteiger partial charge in [-0.15, -0.1) is 0 Å². The quantitative estimate of drug-likeness (QED) is 0.689. The Labute approximate surface area is 157 Å². The fourth-order valence-corrected chi connectivity index (χ4v) is 3.00. The first-order valence-corrected chi connectivity index (χ1v) is 8.91. The Morgan fingerprint density at radius 1 is 1.15 bits per heavy atom. The van der Waals surface area contributed by atoms with E-state index in [9.17, 15) is 14.0 Å². The number of aromatic nitrogens is 1. The number of nitrogens with one attached hydrogen (secondary N) is 2. The highest BCUT2D eigenvalue weighted by molar-refractivity contribution is 6.01. The monoisotopic (exact) mass is 367 g/mol. The Bertz CT molecular complexity index is 980. The van der Waals surface area contributed by atoms with Gasteiger partial charge in [-0.1, -0.05) is 31.2 Å². The summed E-state index contributed by atoms with van der Waals surface area (Å²) in [4.78, 5) is 29.7. The maximum Gasteiger partial charge on any atom is 0.270 e. The van der Waals surface area contributed by atoms with Crippen LogP contribution in [0.4, 0.5) is 10.1 Å². The molecule has 0 aliphatic carbocycles. The molecule has 0 unspecified atom stereocenters. The van der Waals surface area contributed by atoms with Crippen LogP contribution in [0.5, 0.6) is 0 Å². The van der Waals surface area contributed by atoms with Gasteiger partial charge in [0.2, 0.25) is 5.91 Å². The second-order valence-corrected chi connectivity index (χ2v) is 6.47. The molecule has 0 saturated heterocycles. The van der Waals surface area contributed by atoms with Gasteiger partial charge >= 0.3 is 0 Å². The fraction of sp³-hybridized carbons (Fsp3) is 0.238. The third-order valence-corrected chi connectivity index (χ3v) is 4.38. The van der Waals surface area contributed by atoms with Crippen LogP contribution in [0.15, 0.2) is 48.5 Å². The van der Waals surface area contributed by atoms with Crippen LogP contribution >= 0.6 is 0 Å². The highest BCUT2D eigenvalue weighted by Crippen LogP contribution is 2.20. The summed E-state index contributed by atoms with van der Waals surface area (Å²) in [6.07, 6.45) is 0.706. The van der Waals surface area contributed by atoms with Gasteiger partial charge in [-0.2, -0.15) is 0 Å². The lowest BCUT2D eigenvalue weighted by Gasteiger charge is -2.21. The van der Waals surface area contributed by atoms with E-state index in [0.29, 0.717) is 23.9 Å². The molecule has 0 bridgehead atoms. The van der Waals surface area contributed by atoms with E-state index < -0.39 is 0 Å². The molecule has 140 valence electrons. The second kappa shape index (κ2) is 8.03. The van der Waals surface area contributed by atoms with Crippen LogP contribution in [0.25, 0.3) is 10.9 Å². The number of amides is 2. The summed E-state index contributed by atoms with van der Waals surface area (Å²) in [5.41, 5.74) is 2.50. The number of hydrogen-bond acceptors (Lipinski definition) is 2. The molecule has 0 saturated carbocycles. The summed E-state index contributed by atoms with van der Waals surface area (Å²) >= 11 is 0. The number of aryl methyl sites for hydroxylation is 1. The van der Waals surface area contributed by atoms with Crippen molar-refractivity contribution in [3.8, 4) is 0 Å². The van der Waals surface area contributed by atoms with E-state index in [2.05, 4.69) is 10.3 Å². The molecule has 2 aromatic carbocycles. The van der Waals surface area contributed by atoms with Gasteiger partial charge in [0, 0.05) is 23.1 Å². The molecule has 0 aliphatic heterocycles. The van der Waals surface area contributed by atoms with Gasteiger partial charge in [-0.25, -0.2) is 4.39 Å². The third-order valence-electron chi connectivity index (χ3n) is 4.38. The number of nitrogens with zero attached hydrogens (tertiary/aromatic N) is 1. The topological polar surface area (TPSA) is 65.2 Å². The van der Waals surface area contributed by atoms with Crippen molar-refractivity contribution in [3.63, 3.8) is 0 Å². The highest BCUT2D eigenvalue weighted by atomic mass is 19.1. The van der Waals surface area contributed by atoms with E-state index in [0.717, 1.165) is 11.3 Å². The largest absolute Gasteiger partial charge is 0.350 e. The van der Waals surface area contributed by atoms with Gasteiger partial charge in [-0.05, 0) is 43.2 Å². The Morgan fingerprint density at radius 3 is 2.63 bits per heavy atom. The van der Waals surface area contributed by atoms with Gasteiger partial charge in [0.15, 0.2) is 0 Å². The van der Waals surface area contributed by atoms with Gasteiger partial charge < -0.3 is 15.2 Å². The zero-order chi connectivity index (χ0) is 19.4. The first kappa shape index (κ1) is 18.6. The zero-order valence-corrected chi connectivity index (χ0v) is 15.4. The highest BCUT2D eigenvalue weighted by Gasteiger charge is 2.21. The molecule has 3 rings (SSSR count). The number of aromatic amines is 1. The lowest BCUT2D eigenvalue weighted by Crippen LogP contribution is -2.38. The van der Waals surface area contributed by atoms with E-state index in [1.165, 1.54) is 17.0 Å². The van der Waals surface area contributed by atoms with Crippen molar-refractivity contribution in [2.24, 2.45) is 0 Å². The standard InChI is InChI=1S/C21H22FN3O2/c1-3-11-25(13-20(26)24-17-9-5-4-7-14(17)2)21(27)19-12-15-16(22)8-6-10-18(15)23-19/h4-10,12,23H,3,11,13H2,1-2H3,(H,24,26). The average Bonchev–Trinajstić information content (AvgIpc) is 3.08. The van der Waals surface area contributed by atoms with Gasteiger partial charge in [0.05, 0.1) is 0 Å². The molecule has 0 spiro atoms. The molecule has 1 aromatic heterocycles. The third kappa shape index (κ3) is 4.16. The van der Waals surface area contributed by atoms with Crippen molar-refractivity contribution >= 4 is 28.4 Å². The normalized spacial score (nSPS) is 10.8. The summed E-state index contributed by atoms with van der Waals surface area (Å²) in [7, 11) is 0. The lowest BCUT2D eigenvalue weighted by molar-refractivity contribution is -0.116. The number of carbonyl (C=O) groups is 2. The number of H-pyrrole nitrogens is 1. The van der Waals surface area contributed by atoms with Crippen molar-refractivity contribution < 1.29 is 14.0 Å². The maximum absolute atomic E-state index is 13.9. The number of para-hydroxylation sites is 1.